The molecule has 7 aromatic carbocycles. The van der Waals surface area contributed by atoms with Crippen molar-refractivity contribution >= 4 is 43.5 Å². The summed E-state index contributed by atoms with van der Waals surface area (Å²) in [7, 11) is 0. The lowest BCUT2D eigenvalue weighted by Crippen LogP contribution is -1.90. The van der Waals surface area contributed by atoms with Gasteiger partial charge in [0.25, 0.3) is 0 Å². The summed E-state index contributed by atoms with van der Waals surface area (Å²) in [5, 5.41) is 7.29. The van der Waals surface area contributed by atoms with Crippen LogP contribution in [-0.4, -0.2) is 0 Å². The Morgan fingerprint density at radius 3 is 1.46 bits per heavy atom. The zero-order chi connectivity index (χ0) is 25.8. The standard InChI is InChI=1S/C38H24O/c1-3-12-25(13-4-1)28-20-11-21-34-29-23-22-27(24-35(29)39-38(28)34)37-32-18-9-7-16-30(32)36(26-14-5-2-6-15-26)31-17-8-10-19-33(31)37/h1-24H. The Kier molecular flexibility index (Phi) is 4.89. The first kappa shape index (κ1) is 21.9. The van der Waals surface area contributed by atoms with Gasteiger partial charge in [-0.3, -0.25) is 0 Å². The molecule has 0 radical (unpaired) electrons. The maximum atomic E-state index is 6.62. The Morgan fingerprint density at radius 2 is 0.846 bits per heavy atom. The molecule has 0 amide bonds. The zero-order valence-corrected chi connectivity index (χ0v) is 21.3. The first-order valence-electron chi connectivity index (χ1n) is 13.4. The summed E-state index contributed by atoms with van der Waals surface area (Å²) in [5.74, 6) is 0. The fourth-order valence-corrected chi connectivity index (χ4v) is 6.15. The number of rotatable bonds is 3. The molecule has 0 saturated carbocycles. The van der Waals surface area contributed by atoms with Crippen LogP contribution >= 0.6 is 0 Å². The Hall–Kier alpha value is -5.14. The molecular formula is C38H24O. The van der Waals surface area contributed by atoms with E-state index < -0.39 is 0 Å². The summed E-state index contributed by atoms with van der Waals surface area (Å²) < 4.78 is 6.62. The van der Waals surface area contributed by atoms with Crippen LogP contribution in [0.4, 0.5) is 0 Å². The third-order valence-electron chi connectivity index (χ3n) is 7.87. The fourth-order valence-electron chi connectivity index (χ4n) is 6.15. The van der Waals surface area contributed by atoms with Gasteiger partial charge in [-0.15, -0.1) is 0 Å². The summed E-state index contributed by atoms with van der Waals surface area (Å²) in [6.45, 7) is 0. The molecule has 1 nitrogen and oxygen atoms in total. The van der Waals surface area contributed by atoms with Crippen LogP contribution in [0.25, 0.3) is 76.9 Å². The number of fused-ring (bicyclic) bond motifs is 5. The van der Waals surface area contributed by atoms with E-state index in [4.69, 9.17) is 4.42 Å². The van der Waals surface area contributed by atoms with Gasteiger partial charge < -0.3 is 4.42 Å². The van der Waals surface area contributed by atoms with Crippen molar-refractivity contribution in [2.75, 3.05) is 0 Å². The molecule has 1 aromatic heterocycles. The largest absolute Gasteiger partial charge is 0.455 e. The highest BCUT2D eigenvalue weighted by Crippen LogP contribution is 2.45. The monoisotopic (exact) mass is 496 g/mol. The van der Waals surface area contributed by atoms with Gasteiger partial charge in [-0.2, -0.15) is 0 Å². The lowest BCUT2D eigenvalue weighted by atomic mass is 9.86. The normalized spacial score (nSPS) is 11.6. The van der Waals surface area contributed by atoms with Gasteiger partial charge in [-0.25, -0.2) is 0 Å². The van der Waals surface area contributed by atoms with Crippen molar-refractivity contribution in [1.29, 1.82) is 0 Å². The predicted octanol–water partition coefficient (Wildman–Crippen LogP) is 10.9. The van der Waals surface area contributed by atoms with E-state index in [9.17, 15) is 0 Å². The molecule has 182 valence electrons. The van der Waals surface area contributed by atoms with E-state index in [1.807, 2.05) is 6.07 Å². The van der Waals surface area contributed by atoms with Crippen molar-refractivity contribution in [3.8, 4) is 33.4 Å². The topological polar surface area (TPSA) is 13.1 Å². The van der Waals surface area contributed by atoms with Gasteiger partial charge in [0.15, 0.2) is 0 Å². The summed E-state index contributed by atoms with van der Waals surface area (Å²) in [6, 6.07) is 51.9. The first-order valence-corrected chi connectivity index (χ1v) is 13.4. The molecule has 1 heteroatoms. The summed E-state index contributed by atoms with van der Waals surface area (Å²) >= 11 is 0. The maximum absolute atomic E-state index is 6.62. The van der Waals surface area contributed by atoms with E-state index in [1.165, 1.54) is 38.2 Å². The van der Waals surface area contributed by atoms with Gasteiger partial charge in [0.1, 0.15) is 11.2 Å². The van der Waals surface area contributed by atoms with Crippen LogP contribution in [0, 0.1) is 0 Å². The Morgan fingerprint density at radius 1 is 0.333 bits per heavy atom. The second-order valence-corrected chi connectivity index (χ2v) is 10.1. The van der Waals surface area contributed by atoms with Crippen LogP contribution in [0.2, 0.25) is 0 Å². The summed E-state index contributed by atoms with van der Waals surface area (Å²) in [4.78, 5) is 0. The smallest absolute Gasteiger partial charge is 0.143 e. The second-order valence-electron chi connectivity index (χ2n) is 10.1. The molecule has 0 aliphatic rings. The molecule has 0 aliphatic heterocycles. The third-order valence-corrected chi connectivity index (χ3v) is 7.87. The molecule has 0 fully saturated rings. The zero-order valence-electron chi connectivity index (χ0n) is 21.3. The molecule has 8 aromatic rings. The van der Waals surface area contributed by atoms with Crippen molar-refractivity contribution in [1.82, 2.24) is 0 Å². The molecule has 0 aliphatic carbocycles. The molecule has 0 unspecified atom stereocenters. The fraction of sp³-hybridized carbons (Fsp3) is 0. The molecule has 39 heavy (non-hydrogen) atoms. The van der Waals surface area contributed by atoms with E-state index in [-0.39, 0.29) is 0 Å². The molecule has 0 spiro atoms. The van der Waals surface area contributed by atoms with E-state index in [1.54, 1.807) is 0 Å². The predicted molar refractivity (Wildman–Crippen MR) is 165 cm³/mol. The van der Waals surface area contributed by atoms with Crippen molar-refractivity contribution < 1.29 is 4.42 Å². The Bertz CT molecular complexity index is 2090. The summed E-state index contributed by atoms with van der Waals surface area (Å²) in [6.07, 6.45) is 0. The van der Waals surface area contributed by atoms with Crippen LogP contribution in [0.15, 0.2) is 150 Å². The molecule has 0 N–H and O–H groups in total. The van der Waals surface area contributed by atoms with E-state index in [0.29, 0.717) is 0 Å². The summed E-state index contributed by atoms with van der Waals surface area (Å²) in [5.41, 5.74) is 9.04. The number of para-hydroxylation sites is 1. The van der Waals surface area contributed by atoms with Gasteiger partial charge in [0.2, 0.25) is 0 Å². The molecule has 0 bridgehead atoms. The minimum Gasteiger partial charge on any atom is -0.455 e. The van der Waals surface area contributed by atoms with Crippen LogP contribution in [0.3, 0.4) is 0 Å². The highest BCUT2D eigenvalue weighted by atomic mass is 16.3. The molecule has 1 heterocycles. The highest BCUT2D eigenvalue weighted by molar-refractivity contribution is 6.22. The first-order chi connectivity index (χ1) is 19.4. The Balaban J connectivity index is 1.43. The van der Waals surface area contributed by atoms with Gasteiger partial charge >= 0.3 is 0 Å². The Labute approximate surface area is 226 Å². The van der Waals surface area contributed by atoms with Crippen LogP contribution in [-0.2, 0) is 0 Å². The van der Waals surface area contributed by atoms with E-state index >= 15 is 0 Å². The minimum atomic E-state index is 0.908. The van der Waals surface area contributed by atoms with Gasteiger partial charge in [-0.05, 0) is 61.5 Å². The van der Waals surface area contributed by atoms with Crippen molar-refractivity contribution in [2.24, 2.45) is 0 Å². The van der Waals surface area contributed by atoms with Crippen LogP contribution < -0.4 is 0 Å². The molecule has 0 atom stereocenters. The SMILES string of the molecule is c1ccc(-c2c3ccccc3c(-c3ccc4c(c3)oc3c(-c5ccccc5)cccc34)c3ccccc23)cc1. The second kappa shape index (κ2) is 8.72. The number of hydrogen-bond donors (Lipinski definition) is 0. The number of furan rings is 1. The van der Waals surface area contributed by atoms with Crippen molar-refractivity contribution in [3.05, 3.63) is 146 Å². The van der Waals surface area contributed by atoms with E-state index in [2.05, 4.69) is 140 Å². The van der Waals surface area contributed by atoms with Gasteiger partial charge in [0, 0.05) is 16.3 Å². The minimum absolute atomic E-state index is 0.908. The number of benzene rings is 7. The highest BCUT2D eigenvalue weighted by Gasteiger charge is 2.18. The third kappa shape index (κ3) is 3.41. The lowest BCUT2D eigenvalue weighted by molar-refractivity contribution is 0.670. The van der Waals surface area contributed by atoms with Gasteiger partial charge in [-0.1, -0.05) is 133 Å². The molecule has 8 rings (SSSR count). The number of hydrogen-bond acceptors (Lipinski definition) is 1. The maximum Gasteiger partial charge on any atom is 0.143 e. The van der Waals surface area contributed by atoms with Crippen molar-refractivity contribution in [2.45, 2.75) is 0 Å². The lowest BCUT2D eigenvalue weighted by Gasteiger charge is -2.17. The van der Waals surface area contributed by atoms with Gasteiger partial charge in [0.05, 0.1) is 0 Å². The average molecular weight is 497 g/mol. The van der Waals surface area contributed by atoms with E-state index in [0.717, 1.165) is 38.6 Å². The average Bonchev–Trinajstić information content (AvgIpc) is 3.38. The molecular weight excluding hydrogens is 472 g/mol. The quantitative estimate of drug-likeness (QED) is 0.222. The van der Waals surface area contributed by atoms with Crippen LogP contribution in [0.5, 0.6) is 0 Å². The van der Waals surface area contributed by atoms with Crippen LogP contribution in [0.1, 0.15) is 0 Å². The van der Waals surface area contributed by atoms with Crippen molar-refractivity contribution in [3.63, 3.8) is 0 Å². The molecule has 0 saturated heterocycles.